The number of carbonyl (C=O) groups excluding carboxylic acids is 1. The second-order valence-corrected chi connectivity index (χ2v) is 8.05. The van der Waals surface area contributed by atoms with E-state index in [-0.39, 0.29) is 11.7 Å². The highest BCUT2D eigenvalue weighted by Gasteiger charge is 2.30. The van der Waals surface area contributed by atoms with Gasteiger partial charge in [-0.2, -0.15) is 18.2 Å². The summed E-state index contributed by atoms with van der Waals surface area (Å²) in [6.45, 7) is 1.60. The molecule has 6 nitrogen and oxygen atoms in total. The molecule has 34 heavy (non-hydrogen) atoms. The predicted molar refractivity (Wildman–Crippen MR) is 123 cm³/mol. The maximum Gasteiger partial charge on any atom is 0.416 e. The van der Waals surface area contributed by atoms with E-state index in [1.54, 1.807) is 4.90 Å². The Morgan fingerprint density at radius 1 is 0.941 bits per heavy atom. The van der Waals surface area contributed by atoms with Gasteiger partial charge in [0.05, 0.1) is 5.56 Å². The number of nitrogens with two attached hydrogens (primary N) is 1. The fourth-order valence-corrected chi connectivity index (χ4v) is 3.54. The molecule has 2 N–H and O–H groups in total. The summed E-state index contributed by atoms with van der Waals surface area (Å²) in [6.07, 6.45) is -0.263. The number of hydrogen-bond acceptors (Lipinski definition) is 5. The van der Waals surface area contributed by atoms with E-state index >= 15 is 0 Å². The average molecular weight is 475 g/mol. The number of unbranched alkanes of at least 4 members (excludes halogenated alkanes) is 2. The Morgan fingerprint density at radius 2 is 1.65 bits per heavy atom. The van der Waals surface area contributed by atoms with E-state index in [4.69, 9.17) is 10.3 Å². The zero-order valence-electron chi connectivity index (χ0n) is 18.9. The smallest absolute Gasteiger partial charge is 0.342 e. The van der Waals surface area contributed by atoms with Crippen molar-refractivity contribution in [3.05, 3.63) is 71.6 Å². The number of halogens is 3. The van der Waals surface area contributed by atoms with Gasteiger partial charge in [0.2, 0.25) is 17.6 Å². The van der Waals surface area contributed by atoms with Crippen LogP contribution in [0.15, 0.2) is 59.1 Å². The van der Waals surface area contributed by atoms with Crippen LogP contribution in [0.25, 0.3) is 11.4 Å². The fraction of sp³-hybridized carbons (Fsp3) is 0.400. The number of hydrogen-bond donors (Lipinski definition) is 1. The number of aromatic nitrogens is 2. The van der Waals surface area contributed by atoms with E-state index in [0.717, 1.165) is 43.4 Å². The predicted octanol–water partition coefficient (Wildman–Crippen LogP) is 4.89. The lowest BCUT2D eigenvalue weighted by molar-refractivity contribution is -0.137. The van der Waals surface area contributed by atoms with E-state index in [2.05, 4.69) is 10.1 Å². The van der Waals surface area contributed by atoms with Crippen molar-refractivity contribution in [2.45, 2.75) is 44.7 Å². The van der Waals surface area contributed by atoms with Gasteiger partial charge in [-0.15, -0.1) is 0 Å². The fourth-order valence-electron chi connectivity index (χ4n) is 3.54. The second-order valence-electron chi connectivity index (χ2n) is 8.05. The first-order valence-corrected chi connectivity index (χ1v) is 11.4. The molecular weight excluding hydrogens is 445 g/mol. The number of benzene rings is 2. The van der Waals surface area contributed by atoms with Crippen LogP contribution in [0.3, 0.4) is 0 Å². The molecule has 1 amide bonds. The van der Waals surface area contributed by atoms with Crippen LogP contribution in [0, 0.1) is 0 Å². The molecule has 0 radical (unpaired) electrons. The first-order chi connectivity index (χ1) is 16.4. The van der Waals surface area contributed by atoms with E-state index < -0.39 is 11.7 Å². The molecule has 0 fully saturated rings. The summed E-state index contributed by atoms with van der Waals surface area (Å²) in [5.41, 5.74) is 6.37. The van der Waals surface area contributed by atoms with Gasteiger partial charge < -0.3 is 15.2 Å². The van der Waals surface area contributed by atoms with E-state index in [1.807, 2.05) is 30.3 Å². The third kappa shape index (κ3) is 7.69. The molecule has 182 valence electrons. The zero-order chi connectivity index (χ0) is 24.4. The molecular formula is C25H29F3N4O2. The SMILES string of the molecule is NCCCCCC(=O)N(CCc1ccccc1)CCc1nc(-c2ccc(C(F)(F)F)cc2)no1. The van der Waals surface area contributed by atoms with Gasteiger partial charge in [0.15, 0.2) is 0 Å². The molecule has 0 spiro atoms. The monoisotopic (exact) mass is 474 g/mol. The molecule has 3 rings (SSSR count). The van der Waals surface area contributed by atoms with Crippen LogP contribution in [-0.4, -0.2) is 40.6 Å². The lowest BCUT2D eigenvalue weighted by atomic mass is 10.1. The van der Waals surface area contributed by atoms with Crippen LogP contribution in [0.4, 0.5) is 13.2 Å². The highest BCUT2D eigenvalue weighted by atomic mass is 19.4. The zero-order valence-corrected chi connectivity index (χ0v) is 18.9. The molecule has 0 saturated carbocycles. The second kappa shape index (κ2) is 12.3. The largest absolute Gasteiger partial charge is 0.416 e. The van der Waals surface area contributed by atoms with Gasteiger partial charge in [-0.25, -0.2) is 0 Å². The van der Waals surface area contributed by atoms with Crippen molar-refractivity contribution in [1.82, 2.24) is 15.0 Å². The normalized spacial score (nSPS) is 11.5. The topological polar surface area (TPSA) is 85.3 Å². The minimum Gasteiger partial charge on any atom is -0.342 e. The number of carbonyl (C=O) groups is 1. The molecule has 3 aromatic rings. The number of nitrogens with zero attached hydrogens (tertiary/aromatic N) is 3. The molecule has 9 heteroatoms. The maximum atomic E-state index is 12.8. The molecule has 0 aliphatic heterocycles. The number of rotatable bonds is 12. The molecule has 0 aliphatic rings. The Bertz CT molecular complexity index is 1020. The molecule has 0 unspecified atom stereocenters. The number of alkyl halides is 3. The van der Waals surface area contributed by atoms with Crippen molar-refractivity contribution in [2.75, 3.05) is 19.6 Å². The molecule has 0 atom stereocenters. The van der Waals surface area contributed by atoms with Crippen LogP contribution < -0.4 is 5.73 Å². The maximum absolute atomic E-state index is 12.8. The van der Waals surface area contributed by atoms with Crippen LogP contribution in [0.1, 0.15) is 42.7 Å². The lowest BCUT2D eigenvalue weighted by Crippen LogP contribution is -2.34. The van der Waals surface area contributed by atoms with Crippen LogP contribution in [0.5, 0.6) is 0 Å². The summed E-state index contributed by atoms with van der Waals surface area (Å²) in [5, 5.41) is 3.88. The van der Waals surface area contributed by atoms with Gasteiger partial charge in [-0.1, -0.05) is 54.0 Å². The Kier molecular flexibility index (Phi) is 9.21. The first kappa shape index (κ1) is 25.4. The third-order valence-corrected chi connectivity index (χ3v) is 5.49. The Morgan fingerprint density at radius 3 is 2.32 bits per heavy atom. The molecule has 0 bridgehead atoms. The van der Waals surface area contributed by atoms with Crippen molar-refractivity contribution < 1.29 is 22.5 Å². The minimum atomic E-state index is -4.40. The lowest BCUT2D eigenvalue weighted by Gasteiger charge is -2.22. The quantitative estimate of drug-likeness (QED) is 0.378. The van der Waals surface area contributed by atoms with Crippen molar-refractivity contribution in [3.8, 4) is 11.4 Å². The molecule has 1 aromatic heterocycles. The van der Waals surface area contributed by atoms with Crippen molar-refractivity contribution in [1.29, 1.82) is 0 Å². The highest BCUT2D eigenvalue weighted by Crippen LogP contribution is 2.30. The van der Waals surface area contributed by atoms with Crippen LogP contribution in [0.2, 0.25) is 0 Å². The molecule has 0 aliphatic carbocycles. The van der Waals surface area contributed by atoms with Crippen LogP contribution >= 0.6 is 0 Å². The van der Waals surface area contributed by atoms with Crippen molar-refractivity contribution in [3.63, 3.8) is 0 Å². The standard InChI is InChI=1S/C25H29F3N4O2/c26-25(27,28)21-12-10-20(11-13-21)24-30-22(34-31-24)15-18-32(23(33)9-5-2-6-16-29)17-14-19-7-3-1-4-8-19/h1,3-4,7-8,10-13H,2,5-6,9,14-18,29H2. The van der Waals surface area contributed by atoms with Gasteiger partial charge >= 0.3 is 6.18 Å². The highest BCUT2D eigenvalue weighted by molar-refractivity contribution is 5.76. The Balaban J connectivity index is 1.61. The van der Waals surface area contributed by atoms with E-state index in [0.29, 0.717) is 43.9 Å². The molecule has 2 aromatic carbocycles. The Hall–Kier alpha value is -3.20. The van der Waals surface area contributed by atoms with Crippen molar-refractivity contribution >= 4 is 5.91 Å². The van der Waals surface area contributed by atoms with Crippen LogP contribution in [-0.2, 0) is 23.8 Å². The van der Waals surface area contributed by atoms with E-state index in [1.165, 1.54) is 12.1 Å². The van der Waals surface area contributed by atoms with E-state index in [9.17, 15) is 18.0 Å². The van der Waals surface area contributed by atoms with Gasteiger partial charge in [-0.05, 0) is 43.5 Å². The van der Waals surface area contributed by atoms with Crippen molar-refractivity contribution in [2.24, 2.45) is 5.73 Å². The summed E-state index contributed by atoms with van der Waals surface area (Å²) in [4.78, 5) is 18.9. The van der Waals surface area contributed by atoms with Gasteiger partial charge in [0.25, 0.3) is 0 Å². The molecule has 1 heterocycles. The third-order valence-electron chi connectivity index (χ3n) is 5.49. The summed E-state index contributed by atoms with van der Waals surface area (Å²) < 4.78 is 43.6. The minimum absolute atomic E-state index is 0.0652. The molecule has 0 saturated heterocycles. The summed E-state index contributed by atoms with van der Waals surface area (Å²) >= 11 is 0. The summed E-state index contributed by atoms with van der Waals surface area (Å²) in [6, 6.07) is 14.5. The first-order valence-electron chi connectivity index (χ1n) is 11.4. The number of amides is 1. The summed E-state index contributed by atoms with van der Waals surface area (Å²) in [5.74, 6) is 0.610. The summed E-state index contributed by atoms with van der Waals surface area (Å²) in [7, 11) is 0. The average Bonchev–Trinajstić information content (AvgIpc) is 3.31. The van der Waals surface area contributed by atoms with Gasteiger partial charge in [-0.3, -0.25) is 4.79 Å². The van der Waals surface area contributed by atoms with Gasteiger partial charge in [0.1, 0.15) is 0 Å². The Labute approximate surface area is 197 Å². The van der Waals surface area contributed by atoms with Gasteiger partial charge in [0, 0.05) is 31.5 Å².